The number of urea groups is 1. The fourth-order valence-electron chi connectivity index (χ4n) is 6.01. The lowest BCUT2D eigenvalue weighted by atomic mass is 9.90. The van der Waals surface area contributed by atoms with Gasteiger partial charge in [-0.3, -0.25) is 19.3 Å². The van der Waals surface area contributed by atoms with Crippen molar-refractivity contribution in [3.05, 3.63) is 71.0 Å². The number of ether oxygens (including phenoxy) is 1. The van der Waals surface area contributed by atoms with Gasteiger partial charge in [0.1, 0.15) is 17.5 Å². The number of nitrogens with zero attached hydrogens (tertiary/aromatic N) is 2. The summed E-state index contributed by atoms with van der Waals surface area (Å²) in [7, 11) is 4.44. The molecule has 3 aromatic carbocycles. The summed E-state index contributed by atoms with van der Waals surface area (Å²) in [5.74, 6) is -1.98. The van der Waals surface area contributed by atoms with Gasteiger partial charge in [-0.1, -0.05) is 30.3 Å². The average Bonchev–Trinajstić information content (AvgIpc) is 3.03. The third kappa shape index (κ3) is 6.39. The number of hydrogen-bond donors (Lipinski definition) is 3. The first kappa shape index (κ1) is 31.6. The molecule has 10 nitrogen and oxygen atoms in total. The Bertz CT molecular complexity index is 1660. The highest BCUT2D eigenvalue weighted by Gasteiger charge is 2.39. The lowest BCUT2D eigenvalue weighted by Crippen LogP contribution is -2.56. The van der Waals surface area contributed by atoms with Crippen LogP contribution in [0.2, 0.25) is 0 Å². The third-order valence-electron chi connectivity index (χ3n) is 8.75. The lowest BCUT2D eigenvalue weighted by molar-refractivity contribution is -0.140. The van der Waals surface area contributed by atoms with Gasteiger partial charge in [0.05, 0.1) is 7.11 Å². The average molecular weight is 616 g/mol. The number of halogens is 1. The van der Waals surface area contributed by atoms with Gasteiger partial charge in [0.25, 0.3) is 0 Å². The van der Waals surface area contributed by atoms with Gasteiger partial charge in [0, 0.05) is 57.4 Å². The predicted molar refractivity (Wildman–Crippen MR) is 169 cm³/mol. The summed E-state index contributed by atoms with van der Waals surface area (Å²) in [6, 6.07) is 14.3. The fourth-order valence-corrected chi connectivity index (χ4v) is 6.01. The molecule has 2 aliphatic rings. The SMILES string of the molecule is COc1cc(-c2cccc(-c3cccc(NC(=O)C4CN(C)C(=O)N(C)C4=O)c3C)c2C)cc(F)c1CN[C@H]1CCC(=O)NC1. The van der Waals surface area contributed by atoms with Gasteiger partial charge in [-0.25, -0.2) is 9.18 Å². The summed E-state index contributed by atoms with van der Waals surface area (Å²) < 4.78 is 21.2. The van der Waals surface area contributed by atoms with Gasteiger partial charge in [0.15, 0.2) is 0 Å². The van der Waals surface area contributed by atoms with E-state index in [9.17, 15) is 19.2 Å². The highest BCUT2D eigenvalue weighted by atomic mass is 19.1. The van der Waals surface area contributed by atoms with Gasteiger partial charge in [-0.05, 0) is 71.8 Å². The van der Waals surface area contributed by atoms with Crippen molar-refractivity contribution < 1.29 is 28.3 Å². The van der Waals surface area contributed by atoms with E-state index in [1.165, 1.54) is 25.1 Å². The number of carbonyl (C=O) groups is 4. The number of piperidine rings is 1. The van der Waals surface area contributed by atoms with Crippen LogP contribution in [0.15, 0.2) is 48.5 Å². The van der Waals surface area contributed by atoms with Gasteiger partial charge in [-0.15, -0.1) is 0 Å². The van der Waals surface area contributed by atoms with Crippen LogP contribution in [0.3, 0.4) is 0 Å². The molecule has 236 valence electrons. The Labute approximate surface area is 261 Å². The van der Waals surface area contributed by atoms with E-state index in [2.05, 4.69) is 16.0 Å². The molecule has 1 unspecified atom stereocenters. The molecule has 45 heavy (non-hydrogen) atoms. The Balaban J connectivity index is 1.40. The van der Waals surface area contributed by atoms with E-state index < -0.39 is 29.6 Å². The van der Waals surface area contributed by atoms with Crippen LogP contribution in [0.4, 0.5) is 14.9 Å². The van der Waals surface area contributed by atoms with Gasteiger partial charge in [-0.2, -0.15) is 0 Å². The zero-order chi connectivity index (χ0) is 32.4. The minimum atomic E-state index is -1.02. The van der Waals surface area contributed by atoms with Crippen molar-refractivity contribution in [2.45, 2.75) is 39.3 Å². The number of methoxy groups -OCH3 is 1. The Morgan fingerprint density at radius 1 is 1.02 bits per heavy atom. The van der Waals surface area contributed by atoms with Gasteiger partial charge < -0.3 is 25.6 Å². The summed E-state index contributed by atoms with van der Waals surface area (Å²) in [6.45, 7) is 4.63. The van der Waals surface area contributed by atoms with Crippen LogP contribution in [0.1, 0.15) is 29.5 Å². The first-order valence-electron chi connectivity index (χ1n) is 14.9. The lowest BCUT2D eigenvalue weighted by Gasteiger charge is -2.33. The molecule has 2 fully saturated rings. The third-order valence-corrected chi connectivity index (χ3v) is 8.75. The van der Waals surface area contributed by atoms with E-state index in [1.807, 2.05) is 50.2 Å². The van der Waals surface area contributed by atoms with Crippen LogP contribution >= 0.6 is 0 Å². The van der Waals surface area contributed by atoms with Crippen molar-refractivity contribution >= 4 is 29.4 Å². The maximum Gasteiger partial charge on any atom is 0.326 e. The Kier molecular flexibility index (Phi) is 9.19. The van der Waals surface area contributed by atoms with E-state index >= 15 is 4.39 Å². The number of amides is 5. The molecule has 3 N–H and O–H groups in total. The summed E-state index contributed by atoms with van der Waals surface area (Å²) in [5, 5.41) is 9.05. The Hall–Kier alpha value is -4.77. The molecule has 11 heteroatoms. The molecule has 2 aliphatic heterocycles. The molecule has 0 bridgehead atoms. The maximum absolute atomic E-state index is 15.6. The fraction of sp³-hybridized carbons (Fsp3) is 0.353. The molecule has 5 rings (SSSR count). The van der Waals surface area contributed by atoms with Crippen molar-refractivity contribution in [1.29, 1.82) is 0 Å². The largest absolute Gasteiger partial charge is 0.496 e. The van der Waals surface area contributed by atoms with E-state index in [-0.39, 0.29) is 25.0 Å². The van der Waals surface area contributed by atoms with Crippen LogP contribution < -0.4 is 20.7 Å². The zero-order valence-corrected chi connectivity index (χ0v) is 26.1. The number of nitrogens with one attached hydrogen (secondary N) is 3. The summed E-state index contributed by atoms with van der Waals surface area (Å²) >= 11 is 0. The van der Waals surface area contributed by atoms with Crippen molar-refractivity contribution in [1.82, 2.24) is 20.4 Å². The van der Waals surface area contributed by atoms with Crippen molar-refractivity contribution in [2.24, 2.45) is 5.92 Å². The van der Waals surface area contributed by atoms with Crippen molar-refractivity contribution in [3.8, 4) is 28.0 Å². The molecule has 0 spiro atoms. The first-order valence-corrected chi connectivity index (χ1v) is 14.9. The predicted octanol–water partition coefficient (Wildman–Crippen LogP) is 4.23. The molecular formula is C34H38FN5O5. The normalized spacial score (nSPS) is 18.6. The molecule has 2 heterocycles. The Morgan fingerprint density at radius 3 is 2.40 bits per heavy atom. The monoisotopic (exact) mass is 615 g/mol. The van der Waals surface area contributed by atoms with E-state index in [0.29, 0.717) is 42.0 Å². The molecular weight excluding hydrogens is 577 g/mol. The summed E-state index contributed by atoms with van der Waals surface area (Å²) in [6.07, 6.45) is 1.14. The number of benzene rings is 3. The number of anilines is 1. The standard InChI is InChI=1S/C34H38FN5O5/c1-19-23(21-14-28(35)26(30(15-21)45-5)17-36-22-12-13-31(41)37-16-22)8-6-9-24(19)25-10-7-11-29(20(25)2)38-32(42)27-18-39(3)34(44)40(4)33(27)43/h6-11,14-15,22,27,36H,12-13,16-18H2,1-5H3,(H,37,41)(H,38,42)/t22-,27?/m0/s1. The molecule has 0 radical (unpaired) electrons. The van der Waals surface area contributed by atoms with Crippen LogP contribution in [-0.4, -0.2) is 73.9 Å². The number of rotatable bonds is 8. The number of carbonyl (C=O) groups excluding carboxylic acids is 4. The van der Waals surface area contributed by atoms with E-state index in [4.69, 9.17) is 4.74 Å². The van der Waals surface area contributed by atoms with Gasteiger partial charge in [0.2, 0.25) is 17.7 Å². The molecule has 5 amide bonds. The van der Waals surface area contributed by atoms with Crippen molar-refractivity contribution in [2.75, 3.05) is 39.6 Å². The smallest absolute Gasteiger partial charge is 0.326 e. The van der Waals surface area contributed by atoms with E-state index in [1.54, 1.807) is 13.1 Å². The molecule has 0 aromatic heterocycles. The molecule has 0 saturated carbocycles. The molecule has 2 atom stereocenters. The van der Waals surface area contributed by atoms with Crippen LogP contribution in [0.25, 0.3) is 22.3 Å². The topological polar surface area (TPSA) is 120 Å². The second-order valence-electron chi connectivity index (χ2n) is 11.6. The molecule has 3 aromatic rings. The summed E-state index contributed by atoms with van der Waals surface area (Å²) in [4.78, 5) is 51.8. The second-order valence-corrected chi connectivity index (χ2v) is 11.6. The quantitative estimate of drug-likeness (QED) is 0.327. The first-order chi connectivity index (χ1) is 21.5. The van der Waals surface area contributed by atoms with Crippen LogP contribution in [0, 0.1) is 25.6 Å². The minimum Gasteiger partial charge on any atom is -0.496 e. The molecule has 0 aliphatic carbocycles. The van der Waals surface area contributed by atoms with E-state index in [0.717, 1.165) is 32.7 Å². The zero-order valence-electron chi connectivity index (χ0n) is 26.1. The van der Waals surface area contributed by atoms with Gasteiger partial charge >= 0.3 is 6.03 Å². The second kappa shape index (κ2) is 13.1. The number of hydrogen-bond acceptors (Lipinski definition) is 6. The van der Waals surface area contributed by atoms with Crippen LogP contribution in [0.5, 0.6) is 5.75 Å². The summed E-state index contributed by atoms with van der Waals surface area (Å²) in [5.41, 5.74) is 5.97. The minimum absolute atomic E-state index is 0.00139. The Morgan fingerprint density at radius 2 is 1.71 bits per heavy atom. The number of imide groups is 1. The van der Waals surface area contributed by atoms with Crippen LogP contribution in [-0.2, 0) is 20.9 Å². The molecule has 2 saturated heterocycles. The highest BCUT2D eigenvalue weighted by molar-refractivity contribution is 6.12. The van der Waals surface area contributed by atoms with Crippen molar-refractivity contribution in [3.63, 3.8) is 0 Å². The maximum atomic E-state index is 15.6. The highest BCUT2D eigenvalue weighted by Crippen LogP contribution is 2.38.